The van der Waals surface area contributed by atoms with Crippen LogP contribution in [0, 0.1) is 17.8 Å². The van der Waals surface area contributed by atoms with Gasteiger partial charge in [0.25, 0.3) is 5.91 Å². The Morgan fingerprint density at radius 2 is 1.78 bits per heavy atom. The molecule has 1 N–H and O–H groups in total. The van der Waals surface area contributed by atoms with Gasteiger partial charge in [-0.25, -0.2) is 0 Å². The number of benzene rings is 1. The SMILES string of the molecule is CO[C@@H]1CN(C)C(=O)c2ccc(NC(=O)C3CC3)cc2OC[C@@H](C)N(C(=O)C2CCOCC2)C[C@H]1C. The number of carbonyl (C=O) groups is 3. The average Bonchev–Trinajstić information content (AvgIpc) is 3.74. The highest BCUT2D eigenvalue weighted by Crippen LogP contribution is 2.32. The summed E-state index contributed by atoms with van der Waals surface area (Å²) in [6.07, 6.45) is 3.01. The van der Waals surface area contributed by atoms with Crippen molar-refractivity contribution in [2.24, 2.45) is 17.8 Å². The molecule has 0 radical (unpaired) electrons. The molecule has 0 spiro atoms. The van der Waals surface area contributed by atoms with E-state index in [-0.39, 0.29) is 54.2 Å². The number of hydrogen-bond acceptors (Lipinski definition) is 6. The lowest BCUT2D eigenvalue weighted by atomic mass is 9.95. The summed E-state index contributed by atoms with van der Waals surface area (Å²) in [6.45, 7) is 6.34. The zero-order valence-corrected chi connectivity index (χ0v) is 21.8. The molecule has 0 aromatic heterocycles. The molecule has 3 amide bonds. The van der Waals surface area contributed by atoms with Crippen molar-refractivity contribution < 1.29 is 28.6 Å². The number of hydrogen-bond donors (Lipinski definition) is 1. The molecule has 2 fully saturated rings. The van der Waals surface area contributed by atoms with E-state index >= 15 is 0 Å². The Bertz CT molecular complexity index is 959. The third-order valence-electron chi connectivity index (χ3n) is 7.52. The third kappa shape index (κ3) is 6.18. The normalized spacial score (nSPS) is 26.3. The molecule has 1 saturated heterocycles. The van der Waals surface area contributed by atoms with Gasteiger partial charge in [0.15, 0.2) is 0 Å². The van der Waals surface area contributed by atoms with Crippen molar-refractivity contribution in [1.82, 2.24) is 9.80 Å². The molecule has 2 heterocycles. The number of nitrogens with one attached hydrogen (secondary N) is 1. The van der Waals surface area contributed by atoms with Gasteiger partial charge >= 0.3 is 0 Å². The minimum Gasteiger partial charge on any atom is -0.491 e. The van der Waals surface area contributed by atoms with Crippen LogP contribution in [-0.4, -0.2) is 86.7 Å². The van der Waals surface area contributed by atoms with E-state index in [2.05, 4.69) is 12.2 Å². The maximum absolute atomic E-state index is 13.6. The van der Waals surface area contributed by atoms with Crippen LogP contribution in [-0.2, 0) is 19.1 Å². The van der Waals surface area contributed by atoms with Crippen LogP contribution >= 0.6 is 0 Å². The van der Waals surface area contributed by atoms with Crippen LogP contribution < -0.4 is 10.1 Å². The van der Waals surface area contributed by atoms with E-state index in [0.717, 1.165) is 25.7 Å². The van der Waals surface area contributed by atoms with E-state index in [1.54, 1.807) is 37.3 Å². The number of amides is 3. The fourth-order valence-corrected chi connectivity index (χ4v) is 4.93. The summed E-state index contributed by atoms with van der Waals surface area (Å²) < 4.78 is 17.4. The molecular formula is C27H39N3O6. The summed E-state index contributed by atoms with van der Waals surface area (Å²) in [4.78, 5) is 42.8. The van der Waals surface area contributed by atoms with Gasteiger partial charge in [-0.05, 0) is 44.7 Å². The highest BCUT2D eigenvalue weighted by atomic mass is 16.5. The molecule has 1 aromatic carbocycles. The van der Waals surface area contributed by atoms with E-state index in [1.165, 1.54) is 0 Å². The first-order valence-corrected chi connectivity index (χ1v) is 13.0. The van der Waals surface area contributed by atoms with E-state index in [4.69, 9.17) is 14.2 Å². The second kappa shape index (κ2) is 11.6. The molecular weight excluding hydrogens is 462 g/mol. The predicted molar refractivity (Wildman–Crippen MR) is 135 cm³/mol. The molecule has 2 aliphatic heterocycles. The zero-order chi connectivity index (χ0) is 25.8. The van der Waals surface area contributed by atoms with Gasteiger partial charge in [0.2, 0.25) is 11.8 Å². The van der Waals surface area contributed by atoms with Crippen molar-refractivity contribution in [3.8, 4) is 5.75 Å². The topological polar surface area (TPSA) is 97.4 Å². The Kier molecular flexibility index (Phi) is 8.51. The summed E-state index contributed by atoms with van der Waals surface area (Å²) in [7, 11) is 3.39. The number of likely N-dealkylation sites (N-methyl/N-ethyl adjacent to an activating group) is 1. The summed E-state index contributed by atoms with van der Waals surface area (Å²) in [5.41, 5.74) is 1.01. The predicted octanol–water partition coefficient (Wildman–Crippen LogP) is 2.79. The fourth-order valence-electron chi connectivity index (χ4n) is 4.93. The van der Waals surface area contributed by atoms with Gasteiger partial charge in [0, 0.05) is 70.0 Å². The van der Waals surface area contributed by atoms with Crippen LogP contribution in [0.15, 0.2) is 18.2 Å². The smallest absolute Gasteiger partial charge is 0.257 e. The van der Waals surface area contributed by atoms with E-state index in [1.807, 2.05) is 11.8 Å². The van der Waals surface area contributed by atoms with Crippen molar-refractivity contribution in [3.63, 3.8) is 0 Å². The van der Waals surface area contributed by atoms with E-state index in [0.29, 0.717) is 43.3 Å². The quantitative estimate of drug-likeness (QED) is 0.682. The molecule has 0 bridgehead atoms. The minimum atomic E-state index is -0.239. The summed E-state index contributed by atoms with van der Waals surface area (Å²) >= 11 is 0. The van der Waals surface area contributed by atoms with Crippen LogP contribution in [0.5, 0.6) is 5.75 Å². The Balaban J connectivity index is 1.62. The molecule has 3 atom stereocenters. The van der Waals surface area contributed by atoms with Gasteiger partial charge in [-0.1, -0.05) is 6.92 Å². The van der Waals surface area contributed by atoms with Gasteiger partial charge in [-0.2, -0.15) is 0 Å². The highest BCUT2D eigenvalue weighted by Gasteiger charge is 2.34. The molecule has 198 valence electrons. The van der Waals surface area contributed by atoms with Crippen molar-refractivity contribution in [2.45, 2.75) is 51.7 Å². The lowest BCUT2D eigenvalue weighted by Gasteiger charge is -2.38. The van der Waals surface area contributed by atoms with Gasteiger partial charge in [0.05, 0.1) is 17.7 Å². The maximum Gasteiger partial charge on any atom is 0.257 e. The summed E-state index contributed by atoms with van der Waals surface area (Å²) in [5.74, 6) is 0.334. The highest BCUT2D eigenvalue weighted by molar-refractivity contribution is 5.99. The Morgan fingerprint density at radius 1 is 1.06 bits per heavy atom. The summed E-state index contributed by atoms with van der Waals surface area (Å²) in [6, 6.07) is 4.93. The lowest BCUT2D eigenvalue weighted by Crippen LogP contribution is -2.50. The number of nitrogens with zero attached hydrogens (tertiary/aromatic N) is 2. The largest absolute Gasteiger partial charge is 0.491 e. The molecule has 1 aromatic rings. The van der Waals surface area contributed by atoms with Gasteiger partial charge in [-0.15, -0.1) is 0 Å². The molecule has 3 aliphatic rings. The number of fused-ring (bicyclic) bond motifs is 1. The van der Waals surface area contributed by atoms with E-state index in [9.17, 15) is 14.4 Å². The number of carbonyl (C=O) groups excluding carboxylic acids is 3. The van der Waals surface area contributed by atoms with Crippen molar-refractivity contribution in [1.29, 1.82) is 0 Å². The molecule has 1 saturated carbocycles. The van der Waals surface area contributed by atoms with Gasteiger partial charge in [0.1, 0.15) is 12.4 Å². The van der Waals surface area contributed by atoms with Crippen molar-refractivity contribution in [3.05, 3.63) is 23.8 Å². The van der Waals surface area contributed by atoms with Crippen molar-refractivity contribution in [2.75, 3.05) is 52.4 Å². The summed E-state index contributed by atoms with van der Waals surface area (Å²) in [5, 5.41) is 2.93. The fraction of sp³-hybridized carbons (Fsp3) is 0.667. The number of rotatable bonds is 4. The monoisotopic (exact) mass is 501 g/mol. The van der Waals surface area contributed by atoms with Gasteiger partial charge < -0.3 is 29.3 Å². The molecule has 1 aliphatic carbocycles. The van der Waals surface area contributed by atoms with Crippen LogP contribution in [0.2, 0.25) is 0 Å². The lowest BCUT2D eigenvalue weighted by molar-refractivity contribution is -0.143. The molecule has 36 heavy (non-hydrogen) atoms. The first-order chi connectivity index (χ1) is 17.3. The Morgan fingerprint density at radius 3 is 2.44 bits per heavy atom. The zero-order valence-electron chi connectivity index (χ0n) is 21.8. The van der Waals surface area contributed by atoms with Crippen LogP contribution in [0.3, 0.4) is 0 Å². The third-order valence-corrected chi connectivity index (χ3v) is 7.52. The first kappa shape index (κ1) is 26.4. The van der Waals surface area contributed by atoms with Crippen LogP contribution in [0.1, 0.15) is 49.9 Å². The number of methoxy groups -OCH3 is 1. The van der Waals surface area contributed by atoms with E-state index < -0.39 is 0 Å². The van der Waals surface area contributed by atoms with Gasteiger partial charge in [-0.3, -0.25) is 14.4 Å². The molecule has 9 heteroatoms. The molecule has 4 rings (SSSR count). The second-order valence-corrected chi connectivity index (χ2v) is 10.4. The standard InChI is InChI=1S/C27H39N3O6/c1-17-14-30(26(32)20-9-11-35-12-10-20)18(2)16-36-23-13-21(28-25(31)19-5-6-19)7-8-22(23)27(33)29(3)15-24(17)34-4/h7-8,13,17-20,24H,5-6,9-12,14-16H2,1-4H3,(H,28,31)/t17-,18-,24-/m1/s1. The Hall–Kier alpha value is -2.65. The number of anilines is 1. The van der Waals surface area contributed by atoms with Crippen LogP contribution in [0.4, 0.5) is 5.69 Å². The van der Waals surface area contributed by atoms with Crippen molar-refractivity contribution >= 4 is 23.4 Å². The second-order valence-electron chi connectivity index (χ2n) is 10.4. The Labute approximate surface area is 213 Å². The maximum atomic E-state index is 13.6. The average molecular weight is 502 g/mol. The first-order valence-electron chi connectivity index (χ1n) is 13.0. The minimum absolute atomic E-state index is 0.00919. The van der Waals surface area contributed by atoms with Crippen LogP contribution in [0.25, 0.3) is 0 Å². The number of ether oxygens (including phenoxy) is 3. The molecule has 0 unspecified atom stereocenters. The molecule has 9 nitrogen and oxygen atoms in total.